The number of carbonyl (C=O) groups is 1. The topological polar surface area (TPSA) is 64.9 Å². The molecule has 0 heterocycles. The molecule has 128 valence electrons. The first-order chi connectivity index (χ1) is 12.1. The Bertz CT molecular complexity index is 804. The van der Waals surface area contributed by atoms with Crippen molar-refractivity contribution in [1.29, 1.82) is 5.26 Å². The number of anilines is 1. The maximum Gasteiger partial charge on any atom is 0.263 e. The van der Waals surface area contributed by atoms with Gasteiger partial charge in [0.2, 0.25) is 0 Å². The van der Waals surface area contributed by atoms with Crippen molar-refractivity contribution < 1.29 is 4.79 Å². The molecule has 2 N–H and O–H groups in total. The molecule has 0 radical (unpaired) electrons. The highest BCUT2D eigenvalue weighted by Crippen LogP contribution is 2.21. The van der Waals surface area contributed by atoms with Crippen LogP contribution < -0.4 is 10.6 Å². The number of hydrogen-bond donors (Lipinski definition) is 2. The summed E-state index contributed by atoms with van der Waals surface area (Å²) in [5.74, 6) is -0.391. The van der Waals surface area contributed by atoms with Crippen molar-refractivity contribution in [2.75, 3.05) is 5.32 Å². The molecule has 0 aliphatic rings. The number of nitrogens with zero attached hydrogens (tertiary/aromatic N) is 1. The van der Waals surface area contributed by atoms with E-state index >= 15 is 0 Å². The zero-order valence-electron chi connectivity index (χ0n) is 14.8. The van der Waals surface area contributed by atoms with Crippen LogP contribution in [0.2, 0.25) is 0 Å². The van der Waals surface area contributed by atoms with Gasteiger partial charge in [-0.25, -0.2) is 0 Å². The molecule has 4 nitrogen and oxygen atoms in total. The van der Waals surface area contributed by atoms with Gasteiger partial charge in [-0.3, -0.25) is 4.79 Å². The first-order valence-corrected chi connectivity index (χ1v) is 8.38. The van der Waals surface area contributed by atoms with Crippen molar-refractivity contribution in [2.45, 2.75) is 33.2 Å². The normalized spacial score (nSPS) is 12.2. The maximum atomic E-state index is 12.4. The van der Waals surface area contributed by atoms with E-state index in [2.05, 4.69) is 17.6 Å². The van der Waals surface area contributed by atoms with E-state index in [9.17, 15) is 10.1 Å². The van der Waals surface area contributed by atoms with Crippen LogP contribution in [-0.2, 0) is 11.2 Å². The molecule has 1 atom stereocenters. The predicted octanol–water partition coefficient (Wildman–Crippen LogP) is 4.25. The van der Waals surface area contributed by atoms with E-state index in [1.807, 2.05) is 68.4 Å². The zero-order chi connectivity index (χ0) is 18.2. The molecule has 0 aliphatic heterocycles. The lowest BCUT2D eigenvalue weighted by atomic mass is 10.1. The number of nitriles is 1. The first kappa shape index (κ1) is 18.3. The molecule has 0 saturated heterocycles. The van der Waals surface area contributed by atoms with E-state index in [-0.39, 0.29) is 11.6 Å². The Hall–Kier alpha value is -3.06. The van der Waals surface area contributed by atoms with Crippen LogP contribution >= 0.6 is 0 Å². The van der Waals surface area contributed by atoms with Crippen molar-refractivity contribution in [2.24, 2.45) is 0 Å². The Kier molecular flexibility index (Phi) is 6.36. The summed E-state index contributed by atoms with van der Waals surface area (Å²) in [5.41, 5.74) is 4.21. The number of rotatable bonds is 6. The van der Waals surface area contributed by atoms with E-state index in [4.69, 9.17) is 0 Å². The molecule has 2 aromatic carbocycles. The third-order valence-electron chi connectivity index (χ3n) is 4.11. The molecular weight excluding hydrogens is 310 g/mol. The second-order valence-electron chi connectivity index (χ2n) is 5.88. The number of aryl methyl sites for hydroxylation is 2. The summed E-state index contributed by atoms with van der Waals surface area (Å²) < 4.78 is 0. The molecule has 0 saturated carbocycles. The van der Waals surface area contributed by atoms with Crippen LogP contribution in [0.25, 0.3) is 0 Å². The highest BCUT2D eigenvalue weighted by Gasteiger charge is 2.14. The minimum absolute atomic E-state index is 0.0492. The van der Waals surface area contributed by atoms with Crippen LogP contribution in [0.1, 0.15) is 36.6 Å². The lowest BCUT2D eigenvalue weighted by molar-refractivity contribution is -0.117. The Morgan fingerprint density at radius 3 is 2.56 bits per heavy atom. The minimum atomic E-state index is -0.391. The summed E-state index contributed by atoms with van der Waals surface area (Å²) in [5, 5.41) is 15.3. The lowest BCUT2D eigenvalue weighted by Crippen LogP contribution is -2.28. The van der Waals surface area contributed by atoms with Gasteiger partial charge in [-0.1, -0.05) is 55.5 Å². The third kappa shape index (κ3) is 4.71. The summed E-state index contributed by atoms with van der Waals surface area (Å²) >= 11 is 0. The molecule has 1 unspecified atom stereocenters. The van der Waals surface area contributed by atoms with Crippen LogP contribution in [-0.4, -0.2) is 5.91 Å². The Morgan fingerprint density at radius 1 is 1.20 bits per heavy atom. The second kappa shape index (κ2) is 8.70. The fourth-order valence-corrected chi connectivity index (χ4v) is 2.62. The quantitative estimate of drug-likeness (QED) is 0.613. The smallest absolute Gasteiger partial charge is 0.263 e. The van der Waals surface area contributed by atoms with Crippen LogP contribution in [0.15, 0.2) is 60.3 Å². The predicted molar refractivity (Wildman–Crippen MR) is 101 cm³/mol. The van der Waals surface area contributed by atoms with E-state index < -0.39 is 5.91 Å². The molecule has 0 fully saturated rings. The van der Waals surface area contributed by atoms with Gasteiger partial charge in [0.05, 0.1) is 6.04 Å². The van der Waals surface area contributed by atoms with Gasteiger partial charge in [0.25, 0.3) is 5.91 Å². The lowest BCUT2D eigenvalue weighted by Gasteiger charge is -2.14. The Morgan fingerprint density at radius 2 is 1.92 bits per heavy atom. The van der Waals surface area contributed by atoms with Gasteiger partial charge >= 0.3 is 0 Å². The Balaban J connectivity index is 2.13. The van der Waals surface area contributed by atoms with Crippen molar-refractivity contribution in [3.05, 3.63) is 77.0 Å². The molecule has 0 aliphatic carbocycles. The van der Waals surface area contributed by atoms with Gasteiger partial charge in [-0.05, 0) is 37.0 Å². The standard InChI is InChI=1S/C21H23N3O/c1-4-17-12-8-9-15(2)20(17)23-14-19(13-22)21(25)24-16(3)18-10-6-5-7-11-18/h5-12,14,16,23H,4H2,1-3H3,(H,24,25)/b19-14-. The number of hydrogen-bond acceptors (Lipinski definition) is 3. The number of nitrogens with one attached hydrogen (secondary N) is 2. The van der Waals surface area contributed by atoms with Gasteiger partial charge in [-0.15, -0.1) is 0 Å². The number of amides is 1. The Labute approximate surface area is 149 Å². The fraction of sp³-hybridized carbons (Fsp3) is 0.238. The highest BCUT2D eigenvalue weighted by atomic mass is 16.1. The van der Waals surface area contributed by atoms with Crippen molar-refractivity contribution in [1.82, 2.24) is 5.32 Å². The van der Waals surface area contributed by atoms with Gasteiger partial charge in [0, 0.05) is 11.9 Å². The highest BCUT2D eigenvalue weighted by molar-refractivity contribution is 5.97. The minimum Gasteiger partial charge on any atom is -0.360 e. The summed E-state index contributed by atoms with van der Waals surface area (Å²) in [4.78, 5) is 12.4. The van der Waals surface area contributed by atoms with E-state index in [1.54, 1.807) is 0 Å². The van der Waals surface area contributed by atoms with Crippen LogP contribution in [0.5, 0.6) is 0 Å². The van der Waals surface area contributed by atoms with Crippen molar-refractivity contribution in [3.8, 4) is 6.07 Å². The average molecular weight is 333 g/mol. The number of para-hydroxylation sites is 1. The SMILES string of the molecule is CCc1cccc(C)c1N/C=C(/C#N)C(=O)NC(C)c1ccccc1. The third-order valence-corrected chi connectivity index (χ3v) is 4.11. The molecule has 0 aromatic heterocycles. The van der Waals surface area contributed by atoms with Gasteiger partial charge < -0.3 is 10.6 Å². The molecule has 2 rings (SSSR count). The van der Waals surface area contributed by atoms with Crippen LogP contribution in [0, 0.1) is 18.3 Å². The summed E-state index contributed by atoms with van der Waals surface area (Å²) in [7, 11) is 0. The summed E-state index contributed by atoms with van der Waals surface area (Å²) in [6, 6.07) is 17.5. The van der Waals surface area contributed by atoms with Gasteiger partial charge in [0.1, 0.15) is 11.6 Å². The number of benzene rings is 2. The van der Waals surface area contributed by atoms with E-state index in [1.165, 1.54) is 6.20 Å². The molecule has 0 bridgehead atoms. The van der Waals surface area contributed by atoms with Gasteiger partial charge in [-0.2, -0.15) is 5.26 Å². The van der Waals surface area contributed by atoms with Gasteiger partial charge in [0.15, 0.2) is 0 Å². The number of carbonyl (C=O) groups excluding carboxylic acids is 1. The molecule has 2 aromatic rings. The first-order valence-electron chi connectivity index (χ1n) is 8.38. The zero-order valence-corrected chi connectivity index (χ0v) is 14.8. The fourth-order valence-electron chi connectivity index (χ4n) is 2.62. The largest absolute Gasteiger partial charge is 0.360 e. The summed E-state index contributed by atoms with van der Waals surface area (Å²) in [6.45, 7) is 5.97. The van der Waals surface area contributed by atoms with E-state index in [0.29, 0.717) is 0 Å². The van der Waals surface area contributed by atoms with E-state index in [0.717, 1.165) is 28.8 Å². The molecule has 0 spiro atoms. The van der Waals surface area contributed by atoms with Crippen molar-refractivity contribution in [3.63, 3.8) is 0 Å². The second-order valence-corrected chi connectivity index (χ2v) is 5.88. The maximum absolute atomic E-state index is 12.4. The molecule has 25 heavy (non-hydrogen) atoms. The molecule has 1 amide bonds. The van der Waals surface area contributed by atoms with Crippen molar-refractivity contribution >= 4 is 11.6 Å². The van der Waals surface area contributed by atoms with Crippen LogP contribution in [0.3, 0.4) is 0 Å². The molecular formula is C21H23N3O. The van der Waals surface area contributed by atoms with Crippen LogP contribution in [0.4, 0.5) is 5.69 Å². The molecule has 4 heteroatoms. The average Bonchev–Trinajstić information content (AvgIpc) is 2.63. The monoisotopic (exact) mass is 333 g/mol. The summed E-state index contributed by atoms with van der Waals surface area (Å²) in [6.07, 6.45) is 2.35.